The number of piperazine rings is 1. The van der Waals surface area contributed by atoms with Crippen LogP contribution in [0.3, 0.4) is 0 Å². The van der Waals surface area contributed by atoms with Gasteiger partial charge in [0.25, 0.3) is 5.91 Å². The number of carbonyl (C=O) groups is 2. The molecular weight excluding hydrogens is 356 g/mol. The van der Waals surface area contributed by atoms with E-state index in [0.29, 0.717) is 18.7 Å². The molecule has 3 N–H and O–H groups in total. The number of aryl methyl sites for hydroxylation is 1. The molecule has 1 unspecified atom stereocenters. The van der Waals surface area contributed by atoms with Crippen molar-refractivity contribution in [3.8, 4) is 11.3 Å². The molecule has 0 spiro atoms. The normalized spacial score (nSPS) is 17.0. The fraction of sp³-hybridized carbons (Fsp3) is 0.286. The van der Waals surface area contributed by atoms with E-state index in [1.807, 2.05) is 37.3 Å². The van der Waals surface area contributed by atoms with E-state index in [1.54, 1.807) is 12.1 Å². The predicted octanol–water partition coefficient (Wildman–Crippen LogP) is 1.86. The fourth-order valence-corrected chi connectivity index (χ4v) is 3.76. The molecule has 28 heavy (non-hydrogen) atoms. The lowest BCUT2D eigenvalue weighted by atomic mass is 10.0. The third-order valence-electron chi connectivity index (χ3n) is 5.20. The van der Waals surface area contributed by atoms with Gasteiger partial charge in [-0.05, 0) is 37.1 Å². The van der Waals surface area contributed by atoms with Crippen molar-refractivity contribution in [2.24, 2.45) is 0 Å². The maximum Gasteiger partial charge on any atom is 0.254 e. The molecule has 144 valence electrons. The van der Waals surface area contributed by atoms with Gasteiger partial charge in [-0.2, -0.15) is 5.10 Å². The van der Waals surface area contributed by atoms with Crippen molar-refractivity contribution in [1.29, 1.82) is 0 Å². The van der Waals surface area contributed by atoms with Crippen LogP contribution in [0.15, 0.2) is 42.5 Å². The van der Waals surface area contributed by atoms with E-state index >= 15 is 0 Å². The van der Waals surface area contributed by atoms with Crippen LogP contribution in [0, 0.1) is 6.92 Å². The van der Waals surface area contributed by atoms with Crippen LogP contribution in [-0.2, 0) is 4.79 Å². The Kier molecular flexibility index (Phi) is 4.83. The van der Waals surface area contributed by atoms with Crippen LogP contribution >= 0.6 is 0 Å². The Morgan fingerprint density at radius 2 is 2.04 bits per heavy atom. The second-order valence-corrected chi connectivity index (χ2v) is 6.96. The summed E-state index contributed by atoms with van der Waals surface area (Å²) in [6, 6.07) is 12.7. The summed E-state index contributed by atoms with van der Waals surface area (Å²) in [5.41, 5.74) is 4.38. The maximum atomic E-state index is 12.9. The van der Waals surface area contributed by atoms with Crippen LogP contribution in [0.4, 0.5) is 0 Å². The number of nitrogens with zero attached hydrogens (tertiary/aromatic N) is 2. The summed E-state index contributed by atoms with van der Waals surface area (Å²) in [7, 11) is 0. The lowest BCUT2D eigenvalue weighted by molar-refractivity contribution is -0.128. The van der Waals surface area contributed by atoms with Gasteiger partial charge in [-0.3, -0.25) is 14.7 Å². The molecule has 1 saturated heterocycles. The molecule has 1 atom stereocenters. The van der Waals surface area contributed by atoms with Crippen LogP contribution in [0.25, 0.3) is 22.2 Å². The largest absolute Gasteiger partial charge is 0.396 e. The van der Waals surface area contributed by atoms with E-state index in [9.17, 15) is 14.7 Å². The van der Waals surface area contributed by atoms with Crippen LogP contribution in [0.5, 0.6) is 0 Å². The summed E-state index contributed by atoms with van der Waals surface area (Å²) >= 11 is 0. The number of H-pyrrole nitrogens is 1. The lowest BCUT2D eigenvalue weighted by Gasteiger charge is -2.34. The van der Waals surface area contributed by atoms with Gasteiger partial charge in [-0.25, -0.2) is 0 Å². The number of aliphatic hydroxyl groups excluding tert-OH is 1. The zero-order valence-electron chi connectivity index (χ0n) is 15.6. The number of aliphatic hydroxyl groups is 1. The van der Waals surface area contributed by atoms with Crippen molar-refractivity contribution in [2.75, 3.05) is 19.7 Å². The molecule has 2 heterocycles. The Balaban J connectivity index is 1.62. The summed E-state index contributed by atoms with van der Waals surface area (Å²) in [5.74, 6) is -0.424. The molecule has 2 amide bonds. The van der Waals surface area contributed by atoms with Crippen LogP contribution in [0.2, 0.25) is 0 Å². The number of hydrogen-bond acceptors (Lipinski definition) is 4. The number of aromatic amines is 1. The third-order valence-corrected chi connectivity index (χ3v) is 5.20. The molecule has 0 radical (unpaired) electrons. The average Bonchev–Trinajstić information content (AvgIpc) is 3.15. The Morgan fingerprint density at radius 1 is 1.25 bits per heavy atom. The van der Waals surface area contributed by atoms with Gasteiger partial charge in [0.1, 0.15) is 11.7 Å². The first-order valence-electron chi connectivity index (χ1n) is 9.34. The number of aromatic nitrogens is 2. The average molecular weight is 378 g/mol. The van der Waals surface area contributed by atoms with Crippen LogP contribution < -0.4 is 5.32 Å². The molecule has 0 saturated carbocycles. The quantitative estimate of drug-likeness (QED) is 0.645. The number of benzene rings is 2. The zero-order chi connectivity index (χ0) is 19.7. The molecule has 1 aliphatic rings. The number of rotatable bonds is 4. The van der Waals surface area contributed by atoms with Crippen molar-refractivity contribution < 1.29 is 14.7 Å². The third kappa shape index (κ3) is 3.14. The van der Waals surface area contributed by atoms with Crippen molar-refractivity contribution in [3.05, 3.63) is 53.6 Å². The van der Waals surface area contributed by atoms with Crippen molar-refractivity contribution in [1.82, 2.24) is 20.4 Å². The minimum absolute atomic E-state index is 0.146. The number of nitrogens with one attached hydrogen (secondary N) is 2. The molecule has 1 fully saturated rings. The molecule has 2 aromatic carbocycles. The molecule has 7 heteroatoms. The van der Waals surface area contributed by atoms with E-state index < -0.39 is 6.04 Å². The Hall–Kier alpha value is -3.19. The van der Waals surface area contributed by atoms with E-state index in [0.717, 1.165) is 27.7 Å². The summed E-state index contributed by atoms with van der Waals surface area (Å²) in [4.78, 5) is 26.5. The van der Waals surface area contributed by atoms with Gasteiger partial charge in [0, 0.05) is 36.2 Å². The molecule has 1 aliphatic heterocycles. The van der Waals surface area contributed by atoms with E-state index in [-0.39, 0.29) is 24.8 Å². The summed E-state index contributed by atoms with van der Waals surface area (Å²) in [5, 5.41) is 20.5. The fourth-order valence-electron chi connectivity index (χ4n) is 3.76. The molecule has 3 aromatic rings. The molecule has 0 aliphatic carbocycles. The topological polar surface area (TPSA) is 98.3 Å². The van der Waals surface area contributed by atoms with Crippen LogP contribution in [-0.4, -0.2) is 57.8 Å². The van der Waals surface area contributed by atoms with E-state index in [1.165, 1.54) is 4.90 Å². The van der Waals surface area contributed by atoms with Gasteiger partial charge in [-0.1, -0.05) is 24.3 Å². The first-order chi connectivity index (χ1) is 13.6. The SMILES string of the molecule is Cc1cccc2[nH]nc(-c3ccc(C(=O)N4CCNC(=O)C4CCO)cc3)c12. The highest BCUT2D eigenvalue weighted by Gasteiger charge is 2.33. The van der Waals surface area contributed by atoms with Crippen LogP contribution in [0.1, 0.15) is 22.3 Å². The van der Waals surface area contributed by atoms with E-state index in [4.69, 9.17) is 0 Å². The molecule has 7 nitrogen and oxygen atoms in total. The molecule has 0 bridgehead atoms. The molecular formula is C21H22N4O3. The van der Waals surface area contributed by atoms with Crippen molar-refractivity contribution in [3.63, 3.8) is 0 Å². The molecule has 1 aromatic heterocycles. The Morgan fingerprint density at radius 3 is 2.79 bits per heavy atom. The predicted molar refractivity (Wildman–Crippen MR) is 106 cm³/mol. The van der Waals surface area contributed by atoms with Crippen molar-refractivity contribution in [2.45, 2.75) is 19.4 Å². The lowest BCUT2D eigenvalue weighted by Crippen LogP contribution is -2.57. The Bertz CT molecular complexity index is 1030. The first-order valence-corrected chi connectivity index (χ1v) is 9.34. The van der Waals surface area contributed by atoms with Gasteiger partial charge >= 0.3 is 0 Å². The highest BCUT2D eigenvalue weighted by Crippen LogP contribution is 2.29. The monoisotopic (exact) mass is 378 g/mol. The smallest absolute Gasteiger partial charge is 0.254 e. The number of fused-ring (bicyclic) bond motifs is 1. The van der Waals surface area contributed by atoms with E-state index in [2.05, 4.69) is 15.5 Å². The number of amides is 2. The first kappa shape index (κ1) is 18.2. The highest BCUT2D eigenvalue weighted by molar-refractivity contribution is 5.99. The highest BCUT2D eigenvalue weighted by atomic mass is 16.3. The van der Waals surface area contributed by atoms with Gasteiger partial charge in [0.15, 0.2) is 0 Å². The standard InChI is InChI=1S/C21H22N4O3/c1-13-3-2-4-16-18(13)19(24-23-16)14-5-7-15(8-6-14)21(28)25-11-10-22-20(27)17(25)9-12-26/h2-8,17,26H,9-12H2,1H3,(H,22,27)(H,23,24). The summed E-state index contributed by atoms with van der Waals surface area (Å²) in [6.45, 7) is 2.75. The van der Waals surface area contributed by atoms with Crippen molar-refractivity contribution >= 4 is 22.7 Å². The van der Waals surface area contributed by atoms with Gasteiger partial charge in [0.2, 0.25) is 5.91 Å². The minimum Gasteiger partial charge on any atom is -0.396 e. The minimum atomic E-state index is -0.635. The zero-order valence-corrected chi connectivity index (χ0v) is 15.6. The number of carbonyl (C=O) groups excluding carboxylic acids is 2. The summed E-state index contributed by atoms with van der Waals surface area (Å²) in [6.07, 6.45) is 0.230. The van der Waals surface area contributed by atoms with Gasteiger partial charge < -0.3 is 15.3 Å². The maximum absolute atomic E-state index is 12.9. The molecule has 4 rings (SSSR count). The van der Waals surface area contributed by atoms with Gasteiger partial charge in [-0.15, -0.1) is 0 Å². The van der Waals surface area contributed by atoms with Gasteiger partial charge in [0.05, 0.1) is 5.52 Å². The second-order valence-electron chi connectivity index (χ2n) is 6.96. The second kappa shape index (κ2) is 7.44. The summed E-state index contributed by atoms with van der Waals surface area (Å²) < 4.78 is 0. The number of hydrogen-bond donors (Lipinski definition) is 3. The Labute approximate surface area is 162 Å².